The maximum Gasteiger partial charge on any atom is 0.322 e. The fraction of sp³-hybridized carbons (Fsp3) is 0.913. The van der Waals surface area contributed by atoms with Crippen LogP contribution in [-0.4, -0.2) is 23.7 Å². The molecule has 0 radical (unpaired) electrons. The molecule has 0 saturated heterocycles. The highest BCUT2D eigenvalue weighted by Crippen LogP contribution is 2.18. The van der Waals surface area contributed by atoms with Crippen molar-refractivity contribution in [3.05, 3.63) is 0 Å². The molecule has 0 unspecified atom stereocenters. The van der Waals surface area contributed by atoms with Crippen LogP contribution >= 0.6 is 0 Å². The fourth-order valence-electron chi connectivity index (χ4n) is 3.08. The molecule has 0 atom stereocenters. The van der Waals surface area contributed by atoms with E-state index in [9.17, 15) is 9.59 Å². The first-order valence-corrected chi connectivity index (χ1v) is 11.3. The highest BCUT2D eigenvalue weighted by atomic mass is 16.5. The van der Waals surface area contributed by atoms with Gasteiger partial charge in [0.15, 0.2) is 5.41 Å². The lowest BCUT2D eigenvalue weighted by atomic mass is 9.94. The maximum absolute atomic E-state index is 11.7. The Kier molecular flexibility index (Phi) is 16.4. The average molecular weight is 385 g/mol. The van der Waals surface area contributed by atoms with Crippen LogP contribution in [0.5, 0.6) is 0 Å². The summed E-state index contributed by atoms with van der Waals surface area (Å²) in [6.07, 6.45) is 20.8. The molecule has 0 rings (SSSR count). The Balaban J connectivity index is 3.26. The zero-order valence-corrected chi connectivity index (χ0v) is 18.2. The zero-order chi connectivity index (χ0) is 20.4. The lowest BCUT2D eigenvalue weighted by molar-refractivity contribution is -0.166. The van der Waals surface area contributed by atoms with Crippen LogP contribution in [0.25, 0.3) is 0 Å². The van der Waals surface area contributed by atoms with Crippen LogP contribution in [0, 0.1) is 5.41 Å². The van der Waals surface area contributed by atoms with E-state index in [1.165, 1.54) is 97.3 Å². The van der Waals surface area contributed by atoms with Crippen molar-refractivity contribution < 1.29 is 19.4 Å². The summed E-state index contributed by atoms with van der Waals surface area (Å²) in [5.74, 6) is -1.78. The number of carbonyl (C=O) groups excluding carboxylic acids is 1. The SMILES string of the molecule is CCCCCCCCCCCCCCCCCCOC(=O)C(C)(C)C(=O)O. The van der Waals surface area contributed by atoms with Gasteiger partial charge in [-0.3, -0.25) is 9.59 Å². The number of unbranched alkanes of at least 4 members (excludes halogenated alkanes) is 15. The summed E-state index contributed by atoms with van der Waals surface area (Å²) in [6, 6.07) is 0. The standard InChI is InChI=1S/C23H44O4/c1-4-5-6-7-8-9-10-11-12-13-14-15-16-17-18-19-20-27-22(26)23(2,3)21(24)25/h4-20H2,1-3H3,(H,24,25). The average Bonchev–Trinajstić information content (AvgIpc) is 2.63. The van der Waals surface area contributed by atoms with E-state index < -0.39 is 17.4 Å². The Hall–Kier alpha value is -1.06. The number of aliphatic carboxylic acids is 1. The monoisotopic (exact) mass is 384 g/mol. The minimum atomic E-state index is -1.45. The Labute approximate surface area is 167 Å². The second-order valence-electron chi connectivity index (χ2n) is 8.37. The van der Waals surface area contributed by atoms with Crippen molar-refractivity contribution in [2.24, 2.45) is 5.41 Å². The van der Waals surface area contributed by atoms with Gasteiger partial charge in [-0.25, -0.2) is 0 Å². The summed E-state index contributed by atoms with van der Waals surface area (Å²) in [4.78, 5) is 22.6. The molecule has 0 saturated carbocycles. The molecule has 0 bridgehead atoms. The summed E-state index contributed by atoms with van der Waals surface area (Å²) in [5, 5.41) is 8.95. The van der Waals surface area contributed by atoms with E-state index in [2.05, 4.69) is 6.92 Å². The molecule has 160 valence electrons. The largest absolute Gasteiger partial charge is 0.480 e. The van der Waals surface area contributed by atoms with Gasteiger partial charge in [0.2, 0.25) is 0 Å². The second-order valence-corrected chi connectivity index (χ2v) is 8.37. The lowest BCUT2D eigenvalue weighted by Crippen LogP contribution is -2.35. The molecule has 0 aromatic carbocycles. The molecule has 4 heteroatoms. The van der Waals surface area contributed by atoms with Crippen molar-refractivity contribution in [1.82, 2.24) is 0 Å². The Morgan fingerprint density at radius 3 is 1.33 bits per heavy atom. The molecule has 0 aliphatic heterocycles. The van der Waals surface area contributed by atoms with Crippen LogP contribution in [0.1, 0.15) is 124 Å². The number of carbonyl (C=O) groups is 2. The van der Waals surface area contributed by atoms with Crippen LogP contribution in [-0.2, 0) is 14.3 Å². The van der Waals surface area contributed by atoms with Gasteiger partial charge in [-0.2, -0.15) is 0 Å². The van der Waals surface area contributed by atoms with Crippen molar-refractivity contribution in [3.8, 4) is 0 Å². The van der Waals surface area contributed by atoms with Gasteiger partial charge in [0, 0.05) is 0 Å². The quantitative estimate of drug-likeness (QED) is 0.149. The lowest BCUT2D eigenvalue weighted by Gasteiger charge is -2.17. The van der Waals surface area contributed by atoms with Gasteiger partial charge in [0.1, 0.15) is 0 Å². The number of ether oxygens (including phenoxy) is 1. The normalized spacial score (nSPS) is 11.5. The van der Waals surface area contributed by atoms with Gasteiger partial charge in [-0.15, -0.1) is 0 Å². The van der Waals surface area contributed by atoms with Gasteiger partial charge in [-0.05, 0) is 20.3 Å². The third kappa shape index (κ3) is 14.6. The Bertz CT molecular complexity index is 377. The minimum absolute atomic E-state index is 0.327. The first-order valence-electron chi connectivity index (χ1n) is 11.3. The summed E-state index contributed by atoms with van der Waals surface area (Å²) in [6.45, 7) is 5.35. The van der Waals surface area contributed by atoms with Crippen LogP contribution in [0.15, 0.2) is 0 Å². The van der Waals surface area contributed by atoms with E-state index in [1.807, 2.05) is 0 Å². The number of hydrogen-bond donors (Lipinski definition) is 1. The van der Waals surface area contributed by atoms with Crippen LogP contribution in [0.2, 0.25) is 0 Å². The van der Waals surface area contributed by atoms with Gasteiger partial charge in [0.05, 0.1) is 6.61 Å². The van der Waals surface area contributed by atoms with Crippen LogP contribution in [0.3, 0.4) is 0 Å². The smallest absolute Gasteiger partial charge is 0.322 e. The first-order chi connectivity index (χ1) is 12.9. The predicted octanol–water partition coefficient (Wildman–Crippen LogP) is 6.90. The molecule has 0 fully saturated rings. The van der Waals surface area contributed by atoms with E-state index in [1.54, 1.807) is 0 Å². The topological polar surface area (TPSA) is 63.6 Å². The van der Waals surface area contributed by atoms with Gasteiger partial charge in [-0.1, -0.05) is 103 Å². The van der Waals surface area contributed by atoms with Gasteiger partial charge >= 0.3 is 11.9 Å². The summed E-state index contributed by atoms with van der Waals surface area (Å²) in [7, 11) is 0. The molecule has 0 aromatic rings. The van der Waals surface area contributed by atoms with Crippen molar-refractivity contribution in [3.63, 3.8) is 0 Å². The first kappa shape index (κ1) is 25.9. The van der Waals surface area contributed by atoms with Crippen molar-refractivity contribution in [1.29, 1.82) is 0 Å². The summed E-state index contributed by atoms with van der Waals surface area (Å²) >= 11 is 0. The highest BCUT2D eigenvalue weighted by Gasteiger charge is 2.37. The number of esters is 1. The minimum Gasteiger partial charge on any atom is -0.480 e. The molecule has 0 amide bonds. The van der Waals surface area contributed by atoms with Crippen LogP contribution in [0.4, 0.5) is 0 Å². The number of rotatable bonds is 19. The van der Waals surface area contributed by atoms with Crippen molar-refractivity contribution in [2.75, 3.05) is 6.61 Å². The second kappa shape index (κ2) is 17.1. The molecular weight excluding hydrogens is 340 g/mol. The van der Waals surface area contributed by atoms with Gasteiger partial charge in [0.25, 0.3) is 0 Å². The maximum atomic E-state index is 11.7. The third-order valence-electron chi connectivity index (χ3n) is 5.28. The van der Waals surface area contributed by atoms with E-state index >= 15 is 0 Å². The molecule has 0 heterocycles. The van der Waals surface area contributed by atoms with Crippen LogP contribution < -0.4 is 0 Å². The van der Waals surface area contributed by atoms with Crippen molar-refractivity contribution >= 4 is 11.9 Å². The fourth-order valence-corrected chi connectivity index (χ4v) is 3.08. The Morgan fingerprint density at radius 2 is 1.00 bits per heavy atom. The molecule has 0 spiro atoms. The number of carboxylic acid groups (broad SMARTS) is 1. The highest BCUT2D eigenvalue weighted by molar-refractivity contribution is 5.98. The van der Waals surface area contributed by atoms with Crippen molar-refractivity contribution in [2.45, 2.75) is 124 Å². The Morgan fingerprint density at radius 1 is 0.667 bits per heavy atom. The van der Waals surface area contributed by atoms with E-state index in [4.69, 9.17) is 9.84 Å². The number of carboxylic acids is 1. The van der Waals surface area contributed by atoms with Gasteiger partial charge < -0.3 is 9.84 Å². The zero-order valence-electron chi connectivity index (χ0n) is 18.2. The molecule has 0 aliphatic carbocycles. The number of hydrogen-bond acceptors (Lipinski definition) is 3. The molecule has 4 nitrogen and oxygen atoms in total. The van der Waals surface area contributed by atoms with E-state index in [0.717, 1.165) is 19.3 Å². The predicted molar refractivity (Wildman–Crippen MR) is 112 cm³/mol. The molecule has 27 heavy (non-hydrogen) atoms. The van der Waals surface area contributed by atoms with E-state index in [0.29, 0.717) is 6.61 Å². The molecule has 0 aliphatic rings. The molecular formula is C23H44O4. The summed E-state index contributed by atoms with van der Waals surface area (Å²) < 4.78 is 5.07. The third-order valence-corrected chi connectivity index (χ3v) is 5.28. The van der Waals surface area contributed by atoms with E-state index in [-0.39, 0.29) is 0 Å². The molecule has 1 N–H and O–H groups in total. The molecule has 0 aromatic heterocycles. The summed E-state index contributed by atoms with van der Waals surface area (Å²) in [5.41, 5.74) is -1.45.